The number of aryl methyl sites for hydroxylation is 1. The Kier molecular flexibility index (Phi) is 6.01. The standard InChI is InChI=1S/C13H25N5/c1-11-9-12(10-14-2)16-13(15-11)18(5)8-6-7-17(3)4/h9,14H,6-8,10H2,1-5H3. The van der Waals surface area contributed by atoms with Gasteiger partial charge in [-0.2, -0.15) is 0 Å². The van der Waals surface area contributed by atoms with Crippen molar-refractivity contribution in [3.05, 3.63) is 17.5 Å². The first-order valence-electron chi connectivity index (χ1n) is 6.38. The Morgan fingerprint density at radius 2 is 1.89 bits per heavy atom. The van der Waals surface area contributed by atoms with Crippen molar-refractivity contribution < 1.29 is 0 Å². The Labute approximate surface area is 110 Å². The molecule has 1 N–H and O–H groups in total. The van der Waals surface area contributed by atoms with Crippen molar-refractivity contribution in [2.75, 3.05) is 46.2 Å². The second-order valence-electron chi connectivity index (χ2n) is 4.91. The van der Waals surface area contributed by atoms with Gasteiger partial charge in [-0.05, 0) is 47.1 Å². The molecule has 0 atom stereocenters. The van der Waals surface area contributed by atoms with E-state index in [9.17, 15) is 0 Å². The number of hydrogen-bond donors (Lipinski definition) is 1. The monoisotopic (exact) mass is 251 g/mol. The summed E-state index contributed by atoms with van der Waals surface area (Å²) in [7, 11) is 8.16. The molecule has 5 nitrogen and oxygen atoms in total. The average molecular weight is 251 g/mol. The second kappa shape index (κ2) is 7.28. The zero-order valence-corrected chi connectivity index (χ0v) is 12.2. The largest absolute Gasteiger partial charge is 0.344 e. The lowest BCUT2D eigenvalue weighted by molar-refractivity contribution is 0.401. The van der Waals surface area contributed by atoms with Gasteiger partial charge in [0.2, 0.25) is 5.95 Å². The van der Waals surface area contributed by atoms with E-state index >= 15 is 0 Å². The highest BCUT2D eigenvalue weighted by Crippen LogP contribution is 2.09. The van der Waals surface area contributed by atoms with Crippen molar-refractivity contribution in [2.45, 2.75) is 19.9 Å². The van der Waals surface area contributed by atoms with Crippen molar-refractivity contribution in [1.29, 1.82) is 0 Å². The maximum Gasteiger partial charge on any atom is 0.225 e. The summed E-state index contributed by atoms with van der Waals surface area (Å²) in [5.74, 6) is 0.819. The zero-order chi connectivity index (χ0) is 13.5. The molecule has 0 fully saturated rings. The van der Waals surface area contributed by atoms with Gasteiger partial charge < -0.3 is 15.1 Å². The quantitative estimate of drug-likeness (QED) is 0.780. The first-order chi connectivity index (χ1) is 8.52. The van der Waals surface area contributed by atoms with Crippen LogP contribution in [0, 0.1) is 6.92 Å². The minimum absolute atomic E-state index is 0.780. The molecular weight excluding hydrogens is 226 g/mol. The highest BCUT2D eigenvalue weighted by atomic mass is 15.2. The van der Waals surface area contributed by atoms with Crippen LogP contribution in [0.15, 0.2) is 6.07 Å². The van der Waals surface area contributed by atoms with Gasteiger partial charge in [-0.3, -0.25) is 0 Å². The molecule has 1 rings (SSSR count). The Balaban J connectivity index is 2.63. The molecule has 0 radical (unpaired) electrons. The van der Waals surface area contributed by atoms with Crippen LogP contribution >= 0.6 is 0 Å². The molecule has 1 aromatic rings. The highest BCUT2D eigenvalue weighted by Gasteiger charge is 2.07. The third kappa shape index (κ3) is 4.98. The van der Waals surface area contributed by atoms with Gasteiger partial charge in [-0.25, -0.2) is 9.97 Å². The van der Waals surface area contributed by atoms with Gasteiger partial charge in [0.25, 0.3) is 0 Å². The second-order valence-corrected chi connectivity index (χ2v) is 4.91. The van der Waals surface area contributed by atoms with E-state index in [4.69, 9.17) is 0 Å². The zero-order valence-electron chi connectivity index (χ0n) is 12.2. The topological polar surface area (TPSA) is 44.3 Å². The van der Waals surface area contributed by atoms with E-state index in [1.54, 1.807) is 0 Å². The van der Waals surface area contributed by atoms with Crippen LogP contribution in [-0.2, 0) is 6.54 Å². The van der Waals surface area contributed by atoms with E-state index in [-0.39, 0.29) is 0 Å². The van der Waals surface area contributed by atoms with Crippen molar-refractivity contribution in [3.63, 3.8) is 0 Å². The Hall–Kier alpha value is -1.20. The van der Waals surface area contributed by atoms with Gasteiger partial charge >= 0.3 is 0 Å². The molecular formula is C13H25N5. The van der Waals surface area contributed by atoms with Crippen molar-refractivity contribution >= 4 is 5.95 Å². The van der Waals surface area contributed by atoms with Crippen LogP contribution in [-0.4, -0.2) is 56.1 Å². The summed E-state index contributed by atoms with van der Waals surface area (Å²) in [5, 5.41) is 3.12. The summed E-state index contributed by atoms with van der Waals surface area (Å²) in [6.45, 7) is 4.85. The molecule has 1 heterocycles. The summed E-state index contributed by atoms with van der Waals surface area (Å²) in [6.07, 6.45) is 1.11. The van der Waals surface area contributed by atoms with Gasteiger partial charge in [0.1, 0.15) is 0 Å². The lowest BCUT2D eigenvalue weighted by Gasteiger charge is -2.19. The summed E-state index contributed by atoms with van der Waals surface area (Å²) in [5.41, 5.74) is 2.06. The number of nitrogens with one attached hydrogen (secondary N) is 1. The van der Waals surface area contributed by atoms with E-state index in [0.29, 0.717) is 0 Å². The SMILES string of the molecule is CNCc1cc(C)nc(N(C)CCCN(C)C)n1. The fourth-order valence-electron chi connectivity index (χ4n) is 1.78. The smallest absolute Gasteiger partial charge is 0.225 e. The highest BCUT2D eigenvalue weighted by molar-refractivity contribution is 5.31. The molecule has 102 valence electrons. The van der Waals surface area contributed by atoms with Crippen molar-refractivity contribution in [2.24, 2.45) is 0 Å². The minimum atomic E-state index is 0.780. The van der Waals surface area contributed by atoms with E-state index in [1.165, 1.54) is 0 Å². The minimum Gasteiger partial charge on any atom is -0.344 e. The van der Waals surface area contributed by atoms with Gasteiger partial charge in [-0.1, -0.05) is 0 Å². The Bertz CT molecular complexity index is 364. The predicted octanol–water partition coefficient (Wildman–Crippen LogP) is 0.892. The molecule has 0 bridgehead atoms. The molecule has 5 heteroatoms. The van der Waals surface area contributed by atoms with Gasteiger partial charge in [0.15, 0.2) is 0 Å². The van der Waals surface area contributed by atoms with Gasteiger partial charge in [0, 0.05) is 25.8 Å². The first kappa shape index (κ1) is 14.9. The molecule has 0 unspecified atom stereocenters. The van der Waals surface area contributed by atoms with Crippen LogP contribution in [0.25, 0.3) is 0 Å². The molecule has 18 heavy (non-hydrogen) atoms. The lowest BCUT2D eigenvalue weighted by atomic mass is 10.3. The summed E-state index contributed by atoms with van der Waals surface area (Å²) in [4.78, 5) is 13.4. The molecule has 0 spiro atoms. The van der Waals surface area contributed by atoms with Gasteiger partial charge in [-0.15, -0.1) is 0 Å². The average Bonchev–Trinajstić information content (AvgIpc) is 2.28. The Morgan fingerprint density at radius 1 is 1.17 bits per heavy atom. The third-order valence-corrected chi connectivity index (χ3v) is 2.69. The fraction of sp³-hybridized carbons (Fsp3) is 0.692. The first-order valence-corrected chi connectivity index (χ1v) is 6.38. The van der Waals surface area contributed by atoms with E-state index in [2.05, 4.69) is 39.2 Å². The number of nitrogens with zero attached hydrogens (tertiary/aromatic N) is 4. The maximum absolute atomic E-state index is 4.56. The Morgan fingerprint density at radius 3 is 2.50 bits per heavy atom. The molecule has 0 aliphatic heterocycles. The van der Waals surface area contributed by atoms with Crippen LogP contribution in [0.4, 0.5) is 5.95 Å². The van der Waals surface area contributed by atoms with E-state index in [1.807, 2.05) is 27.1 Å². The number of anilines is 1. The van der Waals surface area contributed by atoms with Crippen LogP contribution in [0.5, 0.6) is 0 Å². The maximum atomic E-state index is 4.56. The number of aromatic nitrogens is 2. The van der Waals surface area contributed by atoms with E-state index < -0.39 is 0 Å². The molecule has 1 aromatic heterocycles. The predicted molar refractivity (Wildman–Crippen MR) is 76.0 cm³/mol. The van der Waals surface area contributed by atoms with E-state index in [0.717, 1.165) is 43.4 Å². The normalized spacial score (nSPS) is 11.0. The lowest BCUT2D eigenvalue weighted by Crippen LogP contribution is -2.25. The summed E-state index contributed by atoms with van der Waals surface area (Å²) >= 11 is 0. The fourth-order valence-corrected chi connectivity index (χ4v) is 1.78. The van der Waals surface area contributed by atoms with Crippen LogP contribution in [0.3, 0.4) is 0 Å². The summed E-state index contributed by atoms with van der Waals surface area (Å²) < 4.78 is 0. The molecule has 0 aliphatic rings. The van der Waals surface area contributed by atoms with Gasteiger partial charge in [0.05, 0.1) is 5.69 Å². The van der Waals surface area contributed by atoms with Crippen molar-refractivity contribution in [1.82, 2.24) is 20.2 Å². The van der Waals surface area contributed by atoms with Crippen LogP contribution < -0.4 is 10.2 Å². The molecule has 0 saturated carbocycles. The molecule has 0 aromatic carbocycles. The molecule has 0 amide bonds. The number of rotatable bonds is 7. The van der Waals surface area contributed by atoms with Crippen molar-refractivity contribution in [3.8, 4) is 0 Å². The van der Waals surface area contributed by atoms with Crippen LogP contribution in [0.2, 0.25) is 0 Å². The summed E-state index contributed by atoms with van der Waals surface area (Å²) in [6, 6.07) is 2.02. The molecule has 0 aliphatic carbocycles. The van der Waals surface area contributed by atoms with Crippen LogP contribution in [0.1, 0.15) is 17.8 Å². The number of hydrogen-bond acceptors (Lipinski definition) is 5. The molecule has 0 saturated heterocycles. The third-order valence-electron chi connectivity index (χ3n) is 2.69.